The number of para-hydroxylation sites is 3. The Bertz CT molecular complexity index is 3020. The lowest BCUT2D eigenvalue weighted by Gasteiger charge is -2.35. The Balaban J connectivity index is 1.16. The summed E-state index contributed by atoms with van der Waals surface area (Å²) in [5.74, 6) is 1.81. The number of fused-ring (bicyclic) bond motifs is 8. The number of furan rings is 1. The summed E-state index contributed by atoms with van der Waals surface area (Å²) in [6, 6.07) is 55.2. The van der Waals surface area contributed by atoms with Crippen molar-refractivity contribution in [2.45, 2.75) is 19.3 Å². The third-order valence-electron chi connectivity index (χ3n) is 11.0. The maximum absolute atomic E-state index is 6.80. The van der Waals surface area contributed by atoms with E-state index in [9.17, 15) is 0 Å². The summed E-state index contributed by atoms with van der Waals surface area (Å²) < 4.78 is 9.27. The van der Waals surface area contributed by atoms with Crippen molar-refractivity contribution in [1.82, 2.24) is 19.5 Å². The van der Waals surface area contributed by atoms with E-state index in [2.05, 4.69) is 109 Å². The van der Waals surface area contributed by atoms with Gasteiger partial charge in [0.25, 0.3) is 0 Å². The molecule has 10 aromatic rings. The Labute approximate surface area is 305 Å². The summed E-state index contributed by atoms with van der Waals surface area (Å²) in [6.07, 6.45) is 0. The van der Waals surface area contributed by atoms with Gasteiger partial charge in [-0.15, -0.1) is 0 Å². The molecule has 0 fully saturated rings. The van der Waals surface area contributed by atoms with Crippen molar-refractivity contribution in [3.05, 3.63) is 169 Å². The normalized spacial score (nSPS) is 13.2. The van der Waals surface area contributed by atoms with Gasteiger partial charge in [-0.3, -0.25) is 0 Å². The molecule has 5 nitrogen and oxygen atoms in total. The minimum atomic E-state index is -0.208. The van der Waals surface area contributed by atoms with E-state index in [1.54, 1.807) is 0 Å². The quantitative estimate of drug-likeness (QED) is 0.186. The Kier molecular flexibility index (Phi) is 6.23. The number of rotatable bonds is 4. The molecule has 53 heavy (non-hydrogen) atoms. The van der Waals surface area contributed by atoms with E-state index in [4.69, 9.17) is 19.4 Å². The fraction of sp³-hybridized carbons (Fsp3) is 0.0625. The molecule has 0 bridgehead atoms. The molecule has 250 valence electrons. The summed E-state index contributed by atoms with van der Waals surface area (Å²) in [7, 11) is 0. The van der Waals surface area contributed by atoms with Crippen molar-refractivity contribution < 1.29 is 4.42 Å². The molecule has 3 aromatic heterocycles. The zero-order valence-electron chi connectivity index (χ0n) is 29.2. The SMILES string of the molecule is CC1(C)c2ccccc2-n2c3ccccc3c3cc(-c4cccc5oc6c(-c7nc(-c8ccccc8)nc(-c8ccccc8)n7)cccc6c45)cc1c32. The predicted octanol–water partition coefficient (Wildman–Crippen LogP) is 12.2. The molecule has 0 unspecified atom stereocenters. The molecule has 7 aromatic carbocycles. The van der Waals surface area contributed by atoms with Crippen LogP contribution in [0.4, 0.5) is 0 Å². The second-order valence-electron chi connectivity index (χ2n) is 14.4. The van der Waals surface area contributed by atoms with Gasteiger partial charge in [-0.05, 0) is 58.7 Å². The molecule has 0 saturated heterocycles. The molecule has 0 aliphatic carbocycles. The topological polar surface area (TPSA) is 56.7 Å². The number of benzene rings is 7. The molecule has 5 heteroatoms. The second kappa shape index (κ2) is 11.1. The van der Waals surface area contributed by atoms with Gasteiger partial charge in [0.05, 0.1) is 22.3 Å². The number of hydrogen-bond donors (Lipinski definition) is 0. The first-order valence-electron chi connectivity index (χ1n) is 18.0. The van der Waals surface area contributed by atoms with E-state index in [1.807, 2.05) is 66.7 Å². The zero-order valence-corrected chi connectivity index (χ0v) is 29.2. The highest BCUT2D eigenvalue weighted by atomic mass is 16.3. The molecule has 11 rings (SSSR count). The highest BCUT2D eigenvalue weighted by molar-refractivity contribution is 6.17. The molecule has 0 spiro atoms. The Morgan fingerprint density at radius 1 is 0.491 bits per heavy atom. The van der Waals surface area contributed by atoms with Crippen LogP contribution in [0.2, 0.25) is 0 Å². The first-order chi connectivity index (χ1) is 26.0. The molecule has 4 heterocycles. The Morgan fingerprint density at radius 3 is 1.89 bits per heavy atom. The maximum Gasteiger partial charge on any atom is 0.167 e. The first kappa shape index (κ1) is 29.8. The highest BCUT2D eigenvalue weighted by Crippen LogP contribution is 2.50. The Morgan fingerprint density at radius 2 is 1.11 bits per heavy atom. The van der Waals surface area contributed by atoms with E-state index in [-0.39, 0.29) is 5.41 Å². The van der Waals surface area contributed by atoms with Crippen LogP contribution in [0.15, 0.2) is 162 Å². The van der Waals surface area contributed by atoms with Gasteiger partial charge in [0.15, 0.2) is 17.5 Å². The lowest BCUT2D eigenvalue weighted by atomic mass is 9.74. The molecule has 0 amide bonds. The van der Waals surface area contributed by atoms with Gasteiger partial charge in [0.2, 0.25) is 0 Å². The molecule has 0 N–H and O–H groups in total. The smallest absolute Gasteiger partial charge is 0.167 e. The average Bonchev–Trinajstić information content (AvgIpc) is 3.77. The van der Waals surface area contributed by atoms with Crippen LogP contribution in [0.1, 0.15) is 25.0 Å². The predicted molar refractivity (Wildman–Crippen MR) is 215 cm³/mol. The van der Waals surface area contributed by atoms with Crippen LogP contribution in [0.5, 0.6) is 0 Å². The monoisotopic (exact) mass is 680 g/mol. The van der Waals surface area contributed by atoms with E-state index in [1.165, 1.54) is 44.2 Å². The summed E-state index contributed by atoms with van der Waals surface area (Å²) >= 11 is 0. The van der Waals surface area contributed by atoms with Gasteiger partial charge in [0, 0.05) is 38.1 Å². The number of nitrogens with zero attached hydrogens (tertiary/aromatic N) is 4. The first-order valence-corrected chi connectivity index (χ1v) is 18.0. The summed E-state index contributed by atoms with van der Waals surface area (Å²) in [5, 5.41) is 4.61. The largest absolute Gasteiger partial charge is 0.455 e. The lowest BCUT2D eigenvalue weighted by Crippen LogP contribution is -2.26. The zero-order chi connectivity index (χ0) is 35.3. The third kappa shape index (κ3) is 4.34. The minimum absolute atomic E-state index is 0.208. The van der Waals surface area contributed by atoms with Gasteiger partial charge in [-0.25, -0.2) is 15.0 Å². The molecule has 0 atom stereocenters. The molecule has 1 aliphatic heterocycles. The number of aromatic nitrogens is 4. The Hall–Kier alpha value is -6.85. The van der Waals surface area contributed by atoms with E-state index < -0.39 is 0 Å². The molecule has 0 radical (unpaired) electrons. The van der Waals surface area contributed by atoms with Crippen LogP contribution in [0.3, 0.4) is 0 Å². The standard InChI is InChI=1S/C48H32N4O/c1-48(2)37-23-10-12-25-40(37)52-39-24-11-9-19-33(39)36-27-31(28-38(48)43(36)52)32-20-14-26-41-42(32)34-21-13-22-35(44(34)53-41)47-50-45(29-15-5-3-6-16-29)49-46(51-47)30-17-7-4-8-18-30/h3-28H,1-2H3. The van der Waals surface area contributed by atoms with Crippen LogP contribution in [-0.4, -0.2) is 19.5 Å². The minimum Gasteiger partial charge on any atom is -0.455 e. The molecular weight excluding hydrogens is 649 g/mol. The average molecular weight is 681 g/mol. The van der Waals surface area contributed by atoms with Crippen LogP contribution in [0, 0.1) is 0 Å². The lowest BCUT2D eigenvalue weighted by molar-refractivity contribution is 0.630. The summed E-state index contributed by atoms with van der Waals surface area (Å²) in [5.41, 5.74) is 12.8. The van der Waals surface area contributed by atoms with Gasteiger partial charge in [-0.1, -0.05) is 135 Å². The van der Waals surface area contributed by atoms with Crippen molar-refractivity contribution in [2.24, 2.45) is 0 Å². The van der Waals surface area contributed by atoms with Crippen molar-refractivity contribution in [1.29, 1.82) is 0 Å². The highest BCUT2D eigenvalue weighted by Gasteiger charge is 2.35. The van der Waals surface area contributed by atoms with Crippen molar-refractivity contribution in [3.63, 3.8) is 0 Å². The van der Waals surface area contributed by atoms with Gasteiger partial charge in [-0.2, -0.15) is 0 Å². The van der Waals surface area contributed by atoms with Crippen LogP contribution in [0.25, 0.3) is 94.7 Å². The van der Waals surface area contributed by atoms with E-state index in [0.717, 1.165) is 44.2 Å². The fourth-order valence-corrected chi connectivity index (χ4v) is 8.52. The van der Waals surface area contributed by atoms with Crippen molar-refractivity contribution >= 4 is 43.7 Å². The van der Waals surface area contributed by atoms with Gasteiger partial charge >= 0.3 is 0 Å². The van der Waals surface area contributed by atoms with Crippen LogP contribution >= 0.6 is 0 Å². The second-order valence-corrected chi connectivity index (χ2v) is 14.4. The molecular formula is C48H32N4O. The van der Waals surface area contributed by atoms with Crippen LogP contribution < -0.4 is 0 Å². The van der Waals surface area contributed by atoms with E-state index in [0.29, 0.717) is 17.5 Å². The van der Waals surface area contributed by atoms with Gasteiger partial charge < -0.3 is 8.98 Å². The molecule has 0 saturated carbocycles. The fourth-order valence-electron chi connectivity index (χ4n) is 8.52. The van der Waals surface area contributed by atoms with Crippen molar-refractivity contribution in [2.75, 3.05) is 0 Å². The van der Waals surface area contributed by atoms with Crippen LogP contribution in [-0.2, 0) is 5.41 Å². The summed E-state index contributed by atoms with van der Waals surface area (Å²) in [6.45, 7) is 4.71. The maximum atomic E-state index is 6.80. The summed E-state index contributed by atoms with van der Waals surface area (Å²) in [4.78, 5) is 15.0. The van der Waals surface area contributed by atoms with E-state index >= 15 is 0 Å². The van der Waals surface area contributed by atoms with Gasteiger partial charge in [0.1, 0.15) is 11.2 Å². The van der Waals surface area contributed by atoms with Crippen molar-refractivity contribution in [3.8, 4) is 51.0 Å². The number of hydrogen-bond acceptors (Lipinski definition) is 4. The molecule has 1 aliphatic rings. The third-order valence-corrected chi connectivity index (χ3v) is 11.0.